The number of carbonyl (C=O) groups excluding carboxylic acids is 1. The van der Waals surface area contributed by atoms with Crippen molar-refractivity contribution in [2.45, 2.75) is 13.8 Å². The van der Waals surface area contributed by atoms with Crippen LogP contribution in [0.4, 0.5) is 5.00 Å². The van der Waals surface area contributed by atoms with Gasteiger partial charge in [0.1, 0.15) is 15.8 Å². The van der Waals surface area contributed by atoms with Crippen LogP contribution in [-0.2, 0) is 16.0 Å². The summed E-state index contributed by atoms with van der Waals surface area (Å²) in [5, 5.41) is 1.66. The predicted octanol–water partition coefficient (Wildman–Crippen LogP) is 2.49. The smallest absolute Gasteiger partial charge is 0.234 e. The van der Waals surface area contributed by atoms with E-state index in [-0.39, 0.29) is 11.8 Å². The van der Waals surface area contributed by atoms with Crippen LogP contribution in [0.5, 0.6) is 0 Å². The molecule has 1 amide bonds. The largest absolute Gasteiger partial charge is 0.617 e. The van der Waals surface area contributed by atoms with Gasteiger partial charge in [0, 0.05) is 25.0 Å². The SMILES string of the molecule is Cc1nc(-c2cccnc2)sc1N(C)C(=O)C(C)C[S+](C)[O-]. The quantitative estimate of drug-likeness (QED) is 0.786. The maximum Gasteiger partial charge on any atom is 0.234 e. The Kier molecular flexibility index (Phi) is 5.55. The molecule has 0 radical (unpaired) electrons. The topological polar surface area (TPSA) is 69.2 Å². The van der Waals surface area contributed by atoms with Crippen LogP contribution in [0.2, 0.25) is 0 Å². The van der Waals surface area contributed by atoms with Crippen molar-refractivity contribution in [3.63, 3.8) is 0 Å². The van der Waals surface area contributed by atoms with E-state index in [1.54, 1.807) is 37.5 Å². The number of hydrogen-bond donors (Lipinski definition) is 0. The number of rotatable bonds is 5. The molecule has 0 N–H and O–H groups in total. The highest BCUT2D eigenvalue weighted by molar-refractivity contribution is 7.90. The molecule has 2 aromatic heterocycles. The van der Waals surface area contributed by atoms with Crippen LogP contribution in [0.3, 0.4) is 0 Å². The summed E-state index contributed by atoms with van der Waals surface area (Å²) in [4.78, 5) is 22.7. The lowest BCUT2D eigenvalue weighted by Gasteiger charge is -2.20. The molecular formula is C15H19N3O2S2. The number of hydrogen-bond acceptors (Lipinski definition) is 5. The zero-order chi connectivity index (χ0) is 16.3. The minimum Gasteiger partial charge on any atom is -0.617 e. The third kappa shape index (κ3) is 3.85. The van der Waals surface area contributed by atoms with Gasteiger partial charge in [-0.1, -0.05) is 22.5 Å². The molecule has 118 valence electrons. The highest BCUT2D eigenvalue weighted by atomic mass is 32.2. The maximum atomic E-state index is 12.4. The van der Waals surface area contributed by atoms with Crippen LogP contribution in [0.1, 0.15) is 12.6 Å². The fraction of sp³-hybridized carbons (Fsp3) is 0.400. The Morgan fingerprint density at radius 2 is 2.27 bits per heavy atom. The van der Waals surface area contributed by atoms with Gasteiger partial charge in [0.05, 0.1) is 17.9 Å². The molecule has 2 rings (SSSR count). The second-order valence-corrected chi connectivity index (χ2v) is 7.65. The van der Waals surface area contributed by atoms with Crippen molar-refractivity contribution in [2.24, 2.45) is 5.92 Å². The molecule has 0 spiro atoms. The molecule has 5 nitrogen and oxygen atoms in total. The second kappa shape index (κ2) is 7.21. The van der Waals surface area contributed by atoms with Crippen LogP contribution >= 0.6 is 11.3 Å². The summed E-state index contributed by atoms with van der Waals surface area (Å²) >= 11 is 0.476. The minimum absolute atomic E-state index is 0.0420. The van der Waals surface area contributed by atoms with Crippen LogP contribution in [0.15, 0.2) is 24.5 Å². The van der Waals surface area contributed by atoms with E-state index in [2.05, 4.69) is 9.97 Å². The van der Waals surface area contributed by atoms with Crippen molar-refractivity contribution in [1.29, 1.82) is 0 Å². The molecule has 2 atom stereocenters. The van der Waals surface area contributed by atoms with Gasteiger partial charge in [-0.05, 0) is 26.0 Å². The Morgan fingerprint density at radius 1 is 1.55 bits per heavy atom. The molecule has 0 bridgehead atoms. The Bertz CT molecular complexity index is 643. The fourth-order valence-corrected chi connectivity index (χ4v) is 4.04. The summed E-state index contributed by atoms with van der Waals surface area (Å²) in [7, 11) is 1.74. The average molecular weight is 337 g/mol. The number of amides is 1. The van der Waals surface area contributed by atoms with E-state index >= 15 is 0 Å². The molecule has 0 saturated heterocycles. The van der Waals surface area contributed by atoms with Crippen LogP contribution < -0.4 is 4.90 Å². The molecule has 2 aromatic rings. The average Bonchev–Trinajstić information content (AvgIpc) is 2.88. The molecule has 0 fully saturated rings. The van der Waals surface area contributed by atoms with E-state index in [1.807, 2.05) is 19.1 Å². The molecule has 0 aliphatic heterocycles. The number of thiazole rings is 1. The molecule has 0 saturated carbocycles. The number of aryl methyl sites for hydroxylation is 1. The van der Waals surface area contributed by atoms with E-state index in [9.17, 15) is 9.35 Å². The van der Waals surface area contributed by atoms with Crippen molar-refractivity contribution in [1.82, 2.24) is 9.97 Å². The monoisotopic (exact) mass is 337 g/mol. The molecule has 0 aromatic carbocycles. The number of carbonyl (C=O) groups is 1. The summed E-state index contributed by atoms with van der Waals surface area (Å²) in [5.74, 6) is 0.0510. The van der Waals surface area contributed by atoms with Crippen molar-refractivity contribution < 1.29 is 9.35 Å². The van der Waals surface area contributed by atoms with Crippen LogP contribution in [0, 0.1) is 12.8 Å². The van der Waals surface area contributed by atoms with Gasteiger partial charge in [-0.3, -0.25) is 9.78 Å². The van der Waals surface area contributed by atoms with Gasteiger partial charge < -0.3 is 9.45 Å². The predicted molar refractivity (Wildman–Crippen MR) is 91.6 cm³/mol. The second-order valence-electron chi connectivity index (χ2n) is 5.19. The summed E-state index contributed by atoms with van der Waals surface area (Å²) in [6.07, 6.45) is 5.09. The highest BCUT2D eigenvalue weighted by Crippen LogP contribution is 2.34. The molecule has 7 heteroatoms. The molecular weight excluding hydrogens is 318 g/mol. The van der Waals surface area contributed by atoms with E-state index < -0.39 is 11.2 Å². The molecule has 2 heterocycles. The standard InChI is InChI=1S/C15H19N3O2S2/c1-10(9-22(4)20)14(19)18(3)15-11(2)17-13(21-15)12-6-5-7-16-8-12/h5-8,10H,9H2,1-4H3. The lowest BCUT2D eigenvalue weighted by Crippen LogP contribution is -2.34. The van der Waals surface area contributed by atoms with Gasteiger partial charge in [0.25, 0.3) is 0 Å². The lowest BCUT2D eigenvalue weighted by atomic mass is 10.2. The summed E-state index contributed by atoms with van der Waals surface area (Å²) in [6, 6.07) is 3.80. The number of nitrogens with zero attached hydrogens (tertiary/aromatic N) is 3. The van der Waals surface area contributed by atoms with E-state index in [4.69, 9.17) is 0 Å². The van der Waals surface area contributed by atoms with Crippen molar-refractivity contribution in [2.75, 3.05) is 24.0 Å². The van der Waals surface area contributed by atoms with Crippen molar-refractivity contribution >= 4 is 33.4 Å². The number of aromatic nitrogens is 2. The third-order valence-corrected chi connectivity index (χ3v) is 5.47. The van der Waals surface area contributed by atoms with Crippen molar-refractivity contribution in [3.8, 4) is 10.6 Å². The van der Waals surface area contributed by atoms with E-state index in [0.29, 0.717) is 5.75 Å². The Balaban J connectivity index is 2.22. The number of anilines is 1. The van der Waals surface area contributed by atoms with E-state index in [0.717, 1.165) is 21.3 Å². The third-order valence-electron chi connectivity index (χ3n) is 3.22. The first-order chi connectivity index (χ1) is 10.4. The van der Waals surface area contributed by atoms with Gasteiger partial charge in [-0.15, -0.1) is 0 Å². The zero-order valence-corrected chi connectivity index (χ0v) is 14.7. The zero-order valence-electron chi connectivity index (χ0n) is 13.1. The Hall–Kier alpha value is -1.44. The van der Waals surface area contributed by atoms with Gasteiger partial charge in [0.15, 0.2) is 0 Å². The summed E-state index contributed by atoms with van der Waals surface area (Å²) in [6.45, 7) is 3.69. The van der Waals surface area contributed by atoms with Crippen LogP contribution in [0.25, 0.3) is 10.6 Å². The summed E-state index contributed by atoms with van der Waals surface area (Å²) in [5.41, 5.74) is 1.75. The first-order valence-electron chi connectivity index (χ1n) is 6.85. The van der Waals surface area contributed by atoms with Crippen molar-refractivity contribution in [3.05, 3.63) is 30.2 Å². The van der Waals surface area contributed by atoms with Crippen LogP contribution in [-0.4, -0.2) is 39.5 Å². The maximum absolute atomic E-state index is 12.4. The first kappa shape index (κ1) is 16.9. The minimum atomic E-state index is -0.987. The molecule has 2 unspecified atom stereocenters. The Labute approximate surface area is 137 Å². The Morgan fingerprint density at radius 3 is 2.86 bits per heavy atom. The molecule has 0 aliphatic rings. The highest BCUT2D eigenvalue weighted by Gasteiger charge is 2.25. The van der Waals surface area contributed by atoms with Gasteiger partial charge in [-0.25, -0.2) is 4.98 Å². The molecule has 0 aliphatic carbocycles. The van der Waals surface area contributed by atoms with Gasteiger partial charge >= 0.3 is 0 Å². The number of pyridine rings is 1. The van der Waals surface area contributed by atoms with Gasteiger partial charge in [-0.2, -0.15) is 0 Å². The van der Waals surface area contributed by atoms with E-state index in [1.165, 1.54) is 11.3 Å². The van der Waals surface area contributed by atoms with Gasteiger partial charge in [0.2, 0.25) is 5.91 Å². The normalized spacial score (nSPS) is 13.7. The molecule has 22 heavy (non-hydrogen) atoms. The lowest BCUT2D eigenvalue weighted by molar-refractivity contribution is -0.121. The fourth-order valence-electron chi connectivity index (χ4n) is 2.17. The first-order valence-corrected chi connectivity index (χ1v) is 9.40. The summed E-state index contributed by atoms with van der Waals surface area (Å²) < 4.78 is 11.3.